The summed E-state index contributed by atoms with van der Waals surface area (Å²) in [4.78, 5) is 0. The first-order chi connectivity index (χ1) is 7.98. The van der Waals surface area contributed by atoms with Crippen LogP contribution in [0.15, 0.2) is 18.2 Å². The zero-order chi connectivity index (χ0) is 12.9. The molecule has 2 N–H and O–H groups in total. The molecular weight excluding hydrogens is 214 g/mol. The third-order valence-electron chi connectivity index (χ3n) is 2.88. The maximum Gasteiger partial charge on any atom is 0.123 e. The minimum atomic E-state index is -0.762. The third kappa shape index (κ3) is 4.36. The standard InChI is InChI=1S/C14H23NO2/c1-5-14(3,16)10-17-13-7-6-11(2)8-12(13)9-15-4/h6-8,15-16H,5,9-10H2,1-4H3. The summed E-state index contributed by atoms with van der Waals surface area (Å²) in [5, 5.41) is 13.0. The third-order valence-corrected chi connectivity index (χ3v) is 2.88. The van der Waals surface area contributed by atoms with Crippen molar-refractivity contribution in [1.82, 2.24) is 5.32 Å². The number of nitrogens with one attached hydrogen (secondary N) is 1. The number of ether oxygens (including phenoxy) is 1. The van der Waals surface area contributed by atoms with Crippen LogP contribution < -0.4 is 10.1 Å². The van der Waals surface area contributed by atoms with Crippen molar-refractivity contribution in [2.45, 2.75) is 39.3 Å². The molecule has 0 saturated heterocycles. The van der Waals surface area contributed by atoms with Crippen LogP contribution >= 0.6 is 0 Å². The lowest BCUT2D eigenvalue weighted by molar-refractivity contribution is 0.00816. The predicted molar refractivity (Wildman–Crippen MR) is 70.4 cm³/mol. The second-order valence-electron chi connectivity index (χ2n) is 4.78. The molecule has 0 amide bonds. The minimum Gasteiger partial charge on any atom is -0.490 e. The molecule has 0 aromatic heterocycles. The van der Waals surface area contributed by atoms with Crippen molar-refractivity contribution < 1.29 is 9.84 Å². The normalized spacial score (nSPS) is 14.4. The lowest BCUT2D eigenvalue weighted by Crippen LogP contribution is -2.31. The number of hydrogen-bond donors (Lipinski definition) is 2. The predicted octanol–water partition coefficient (Wildman–Crippen LogP) is 2.25. The van der Waals surface area contributed by atoms with E-state index in [0.29, 0.717) is 13.0 Å². The molecule has 0 aliphatic heterocycles. The molecule has 0 radical (unpaired) electrons. The van der Waals surface area contributed by atoms with Crippen LogP contribution in [0.4, 0.5) is 0 Å². The maximum absolute atomic E-state index is 9.92. The van der Waals surface area contributed by atoms with E-state index in [2.05, 4.69) is 18.3 Å². The van der Waals surface area contributed by atoms with E-state index in [0.717, 1.165) is 17.9 Å². The fourth-order valence-corrected chi connectivity index (χ4v) is 1.51. The summed E-state index contributed by atoms with van der Waals surface area (Å²) in [6.45, 7) is 6.89. The van der Waals surface area contributed by atoms with Crippen molar-refractivity contribution in [3.63, 3.8) is 0 Å². The van der Waals surface area contributed by atoms with E-state index in [9.17, 15) is 5.11 Å². The van der Waals surface area contributed by atoms with E-state index in [1.165, 1.54) is 5.56 Å². The highest BCUT2D eigenvalue weighted by molar-refractivity contribution is 5.36. The molecule has 0 fully saturated rings. The van der Waals surface area contributed by atoms with Gasteiger partial charge in [0.15, 0.2) is 0 Å². The van der Waals surface area contributed by atoms with Gasteiger partial charge in [0.05, 0.1) is 5.60 Å². The van der Waals surface area contributed by atoms with Gasteiger partial charge >= 0.3 is 0 Å². The number of rotatable bonds is 6. The van der Waals surface area contributed by atoms with Crippen LogP contribution in [0.2, 0.25) is 0 Å². The zero-order valence-electron chi connectivity index (χ0n) is 11.2. The van der Waals surface area contributed by atoms with E-state index in [1.807, 2.05) is 26.1 Å². The van der Waals surface area contributed by atoms with Crippen molar-refractivity contribution in [2.75, 3.05) is 13.7 Å². The van der Waals surface area contributed by atoms with E-state index in [-0.39, 0.29) is 0 Å². The molecule has 96 valence electrons. The molecule has 1 atom stereocenters. The Kier molecular flexibility index (Phi) is 4.97. The van der Waals surface area contributed by atoms with Crippen LogP contribution in [0.25, 0.3) is 0 Å². The largest absolute Gasteiger partial charge is 0.490 e. The number of aliphatic hydroxyl groups is 1. The number of hydrogen-bond acceptors (Lipinski definition) is 3. The minimum absolute atomic E-state index is 0.323. The van der Waals surface area contributed by atoms with Gasteiger partial charge in [0.25, 0.3) is 0 Å². The molecule has 0 aliphatic carbocycles. The van der Waals surface area contributed by atoms with Crippen molar-refractivity contribution in [3.8, 4) is 5.75 Å². The summed E-state index contributed by atoms with van der Waals surface area (Å²) in [7, 11) is 1.91. The molecule has 1 unspecified atom stereocenters. The van der Waals surface area contributed by atoms with Crippen LogP contribution in [0.3, 0.4) is 0 Å². The van der Waals surface area contributed by atoms with Gasteiger partial charge in [-0.2, -0.15) is 0 Å². The molecule has 1 aromatic rings. The Morgan fingerprint density at radius 2 is 2.12 bits per heavy atom. The average Bonchev–Trinajstić information content (AvgIpc) is 2.28. The van der Waals surface area contributed by atoms with Crippen molar-refractivity contribution in [1.29, 1.82) is 0 Å². The summed E-state index contributed by atoms with van der Waals surface area (Å²) in [6, 6.07) is 6.09. The van der Waals surface area contributed by atoms with Crippen LogP contribution in [0, 0.1) is 6.92 Å². The fraction of sp³-hybridized carbons (Fsp3) is 0.571. The first kappa shape index (κ1) is 14.0. The van der Waals surface area contributed by atoms with Gasteiger partial charge in [-0.3, -0.25) is 0 Å². The Labute approximate surface area is 104 Å². The lowest BCUT2D eigenvalue weighted by atomic mass is 10.1. The fourth-order valence-electron chi connectivity index (χ4n) is 1.51. The molecule has 3 heteroatoms. The first-order valence-corrected chi connectivity index (χ1v) is 6.08. The van der Waals surface area contributed by atoms with Gasteiger partial charge < -0.3 is 15.2 Å². The molecule has 3 nitrogen and oxygen atoms in total. The van der Waals surface area contributed by atoms with Gasteiger partial charge in [0, 0.05) is 12.1 Å². The molecule has 17 heavy (non-hydrogen) atoms. The van der Waals surface area contributed by atoms with Crippen molar-refractivity contribution >= 4 is 0 Å². The summed E-state index contributed by atoms with van der Waals surface area (Å²) >= 11 is 0. The molecule has 0 bridgehead atoms. The molecule has 1 rings (SSSR count). The summed E-state index contributed by atoms with van der Waals surface area (Å²) in [5.41, 5.74) is 1.58. The van der Waals surface area contributed by atoms with E-state index < -0.39 is 5.60 Å². The highest BCUT2D eigenvalue weighted by Crippen LogP contribution is 2.21. The zero-order valence-corrected chi connectivity index (χ0v) is 11.2. The van der Waals surface area contributed by atoms with E-state index >= 15 is 0 Å². The number of aryl methyl sites for hydroxylation is 1. The van der Waals surface area contributed by atoms with Gasteiger partial charge in [-0.1, -0.05) is 24.6 Å². The Hall–Kier alpha value is -1.06. The second-order valence-corrected chi connectivity index (χ2v) is 4.78. The first-order valence-electron chi connectivity index (χ1n) is 6.08. The Bertz CT molecular complexity index is 361. The van der Waals surface area contributed by atoms with Gasteiger partial charge in [-0.15, -0.1) is 0 Å². The van der Waals surface area contributed by atoms with E-state index in [1.54, 1.807) is 6.92 Å². The van der Waals surface area contributed by atoms with Crippen LogP contribution in [-0.4, -0.2) is 24.4 Å². The molecule has 0 saturated carbocycles. The quantitative estimate of drug-likeness (QED) is 0.797. The molecule has 0 spiro atoms. The summed E-state index contributed by atoms with van der Waals surface area (Å²) in [5.74, 6) is 0.846. The Morgan fingerprint density at radius 1 is 1.41 bits per heavy atom. The van der Waals surface area contributed by atoms with Gasteiger partial charge in [0.1, 0.15) is 12.4 Å². The second kappa shape index (κ2) is 6.03. The maximum atomic E-state index is 9.92. The molecule has 1 aromatic carbocycles. The smallest absolute Gasteiger partial charge is 0.123 e. The van der Waals surface area contributed by atoms with E-state index in [4.69, 9.17) is 4.74 Å². The van der Waals surface area contributed by atoms with Crippen LogP contribution in [0.1, 0.15) is 31.4 Å². The summed E-state index contributed by atoms with van der Waals surface area (Å²) in [6.07, 6.45) is 0.681. The van der Waals surface area contributed by atoms with Gasteiger partial charge in [-0.05, 0) is 33.4 Å². The van der Waals surface area contributed by atoms with Gasteiger partial charge in [0.2, 0.25) is 0 Å². The van der Waals surface area contributed by atoms with Crippen LogP contribution in [-0.2, 0) is 6.54 Å². The van der Waals surface area contributed by atoms with Crippen molar-refractivity contribution in [3.05, 3.63) is 29.3 Å². The molecular formula is C14H23NO2. The highest BCUT2D eigenvalue weighted by atomic mass is 16.5. The number of benzene rings is 1. The SMILES string of the molecule is CCC(C)(O)COc1ccc(C)cc1CNC. The Balaban J connectivity index is 2.76. The van der Waals surface area contributed by atoms with Gasteiger partial charge in [-0.25, -0.2) is 0 Å². The summed E-state index contributed by atoms with van der Waals surface area (Å²) < 4.78 is 5.71. The van der Waals surface area contributed by atoms with Crippen molar-refractivity contribution in [2.24, 2.45) is 0 Å². The highest BCUT2D eigenvalue weighted by Gasteiger charge is 2.19. The monoisotopic (exact) mass is 237 g/mol. The average molecular weight is 237 g/mol. The molecule has 0 heterocycles. The topological polar surface area (TPSA) is 41.5 Å². The Morgan fingerprint density at radius 3 is 2.71 bits per heavy atom. The lowest BCUT2D eigenvalue weighted by Gasteiger charge is -2.22. The van der Waals surface area contributed by atoms with Crippen LogP contribution in [0.5, 0.6) is 5.75 Å². The molecule has 0 aliphatic rings.